The summed E-state index contributed by atoms with van der Waals surface area (Å²) in [5, 5.41) is 5.73. The molecule has 2 aromatic carbocycles. The molecule has 0 saturated heterocycles. The number of hydrazone groups is 1. The lowest BCUT2D eigenvalue weighted by atomic mass is 10.1. The highest BCUT2D eigenvalue weighted by Gasteiger charge is 2.27. The summed E-state index contributed by atoms with van der Waals surface area (Å²) in [4.78, 5) is 26.9. The van der Waals surface area contributed by atoms with Crippen molar-refractivity contribution in [1.82, 2.24) is 4.90 Å². The van der Waals surface area contributed by atoms with E-state index in [0.717, 1.165) is 24.0 Å². The van der Waals surface area contributed by atoms with Crippen molar-refractivity contribution in [2.75, 3.05) is 32.8 Å². The summed E-state index contributed by atoms with van der Waals surface area (Å²) in [5.41, 5.74) is 3.25. The van der Waals surface area contributed by atoms with E-state index in [0.29, 0.717) is 35.9 Å². The van der Waals surface area contributed by atoms with Crippen LogP contribution in [-0.2, 0) is 16.0 Å². The standard InChI is InChI=1S/C24H29N3O4/c1-17-7-5-9-19(15-17)27-23(28)13-11-20(25-27)24(29)26(2)14-6-8-18-10-12-21(30-3)22(16-18)31-4/h5,7,9-10,12,15-16H,6,8,11,13-14H2,1-4H3. The van der Waals surface area contributed by atoms with Gasteiger partial charge in [0.25, 0.3) is 5.91 Å². The number of nitrogens with zero attached hydrogens (tertiary/aromatic N) is 3. The summed E-state index contributed by atoms with van der Waals surface area (Å²) >= 11 is 0. The summed E-state index contributed by atoms with van der Waals surface area (Å²) in [6.45, 7) is 2.55. The number of carbonyl (C=O) groups is 2. The van der Waals surface area contributed by atoms with Gasteiger partial charge in [-0.2, -0.15) is 5.10 Å². The van der Waals surface area contributed by atoms with Gasteiger partial charge >= 0.3 is 0 Å². The van der Waals surface area contributed by atoms with E-state index >= 15 is 0 Å². The third kappa shape index (κ3) is 5.42. The molecule has 2 aromatic rings. The molecule has 31 heavy (non-hydrogen) atoms. The van der Waals surface area contributed by atoms with Gasteiger partial charge in [0.15, 0.2) is 11.5 Å². The van der Waals surface area contributed by atoms with Crippen LogP contribution in [0.3, 0.4) is 0 Å². The van der Waals surface area contributed by atoms with Gasteiger partial charge in [0.05, 0.1) is 19.9 Å². The van der Waals surface area contributed by atoms with Gasteiger partial charge in [-0.15, -0.1) is 0 Å². The highest BCUT2D eigenvalue weighted by molar-refractivity contribution is 6.40. The average Bonchev–Trinajstić information content (AvgIpc) is 2.78. The quantitative estimate of drug-likeness (QED) is 0.651. The second-order valence-corrected chi connectivity index (χ2v) is 7.61. The first-order chi connectivity index (χ1) is 14.9. The molecule has 7 nitrogen and oxygen atoms in total. The Hall–Kier alpha value is -3.35. The summed E-state index contributed by atoms with van der Waals surface area (Å²) in [5.74, 6) is 1.15. The number of methoxy groups -OCH3 is 2. The monoisotopic (exact) mass is 423 g/mol. The van der Waals surface area contributed by atoms with Crippen LogP contribution in [0.15, 0.2) is 47.6 Å². The minimum Gasteiger partial charge on any atom is -0.493 e. The van der Waals surface area contributed by atoms with Crippen LogP contribution in [0.2, 0.25) is 0 Å². The first-order valence-electron chi connectivity index (χ1n) is 10.4. The van der Waals surface area contributed by atoms with E-state index in [1.807, 2.05) is 49.4 Å². The maximum atomic E-state index is 12.9. The lowest BCUT2D eigenvalue weighted by molar-refractivity contribution is -0.123. The predicted molar refractivity (Wildman–Crippen MR) is 121 cm³/mol. The van der Waals surface area contributed by atoms with Crippen LogP contribution in [0.25, 0.3) is 0 Å². The SMILES string of the molecule is COc1ccc(CCCN(C)C(=O)C2=NN(c3cccc(C)c3)C(=O)CC2)cc1OC. The largest absolute Gasteiger partial charge is 0.493 e. The first-order valence-corrected chi connectivity index (χ1v) is 10.4. The molecule has 0 unspecified atom stereocenters. The molecular weight excluding hydrogens is 394 g/mol. The molecule has 0 fully saturated rings. The fourth-order valence-electron chi connectivity index (χ4n) is 3.55. The van der Waals surface area contributed by atoms with Crippen molar-refractivity contribution < 1.29 is 19.1 Å². The van der Waals surface area contributed by atoms with E-state index < -0.39 is 0 Å². The molecule has 0 spiro atoms. The fraction of sp³-hybridized carbons (Fsp3) is 0.375. The van der Waals surface area contributed by atoms with Crippen LogP contribution in [0.4, 0.5) is 5.69 Å². The molecule has 0 saturated carbocycles. The van der Waals surface area contributed by atoms with Crippen molar-refractivity contribution in [2.45, 2.75) is 32.6 Å². The van der Waals surface area contributed by atoms with Crippen molar-refractivity contribution in [2.24, 2.45) is 5.10 Å². The molecule has 0 aliphatic carbocycles. The molecule has 1 heterocycles. The fourth-order valence-corrected chi connectivity index (χ4v) is 3.55. The minimum atomic E-state index is -0.141. The Labute approximate surface area is 183 Å². The van der Waals surface area contributed by atoms with Gasteiger partial charge in [-0.25, -0.2) is 5.01 Å². The maximum absolute atomic E-state index is 12.9. The third-order valence-corrected chi connectivity index (χ3v) is 5.28. The lowest BCUT2D eigenvalue weighted by Gasteiger charge is -2.25. The highest BCUT2D eigenvalue weighted by Crippen LogP contribution is 2.28. The number of anilines is 1. The molecule has 0 radical (unpaired) electrons. The minimum absolute atomic E-state index is 0.0988. The molecule has 3 rings (SSSR count). The second-order valence-electron chi connectivity index (χ2n) is 7.61. The van der Waals surface area contributed by atoms with Gasteiger partial charge in [0.2, 0.25) is 5.91 Å². The van der Waals surface area contributed by atoms with Crippen LogP contribution in [0.5, 0.6) is 11.5 Å². The van der Waals surface area contributed by atoms with Gasteiger partial charge in [-0.05, 0) is 55.2 Å². The molecule has 0 N–H and O–H groups in total. The van der Waals surface area contributed by atoms with Gasteiger partial charge in [0.1, 0.15) is 5.71 Å². The Bertz CT molecular complexity index is 987. The molecule has 2 amide bonds. The van der Waals surface area contributed by atoms with Crippen molar-refractivity contribution >= 4 is 23.2 Å². The van der Waals surface area contributed by atoms with E-state index in [1.54, 1.807) is 26.2 Å². The summed E-state index contributed by atoms with van der Waals surface area (Å²) in [7, 11) is 5.00. The lowest BCUT2D eigenvalue weighted by Crippen LogP contribution is -2.40. The van der Waals surface area contributed by atoms with Gasteiger partial charge in [0, 0.05) is 26.4 Å². The second kappa shape index (κ2) is 10.1. The van der Waals surface area contributed by atoms with Crippen molar-refractivity contribution in [3.63, 3.8) is 0 Å². The Morgan fingerprint density at radius 2 is 1.87 bits per heavy atom. The molecule has 7 heteroatoms. The van der Waals surface area contributed by atoms with Gasteiger partial charge in [-0.1, -0.05) is 18.2 Å². The number of carbonyl (C=O) groups excluding carboxylic acids is 2. The maximum Gasteiger partial charge on any atom is 0.269 e. The van der Waals surface area contributed by atoms with E-state index in [-0.39, 0.29) is 18.2 Å². The number of hydrogen-bond acceptors (Lipinski definition) is 5. The normalized spacial score (nSPS) is 13.6. The molecule has 0 aromatic heterocycles. The van der Waals surface area contributed by atoms with Crippen LogP contribution in [0.1, 0.15) is 30.4 Å². The smallest absolute Gasteiger partial charge is 0.269 e. The zero-order valence-electron chi connectivity index (χ0n) is 18.6. The Balaban J connectivity index is 1.61. The van der Waals surface area contributed by atoms with Crippen LogP contribution < -0.4 is 14.5 Å². The highest BCUT2D eigenvalue weighted by atomic mass is 16.5. The molecule has 1 aliphatic heterocycles. The van der Waals surface area contributed by atoms with Crippen LogP contribution in [0, 0.1) is 6.92 Å². The summed E-state index contributed by atoms with van der Waals surface area (Å²) in [6.07, 6.45) is 2.24. The number of amides is 2. The number of benzene rings is 2. The Morgan fingerprint density at radius 3 is 2.58 bits per heavy atom. The third-order valence-electron chi connectivity index (χ3n) is 5.28. The van der Waals surface area contributed by atoms with E-state index in [9.17, 15) is 9.59 Å². The first kappa shape index (κ1) is 22.3. The topological polar surface area (TPSA) is 71.4 Å². The van der Waals surface area contributed by atoms with Gasteiger partial charge in [-0.3, -0.25) is 9.59 Å². The predicted octanol–water partition coefficient (Wildman–Crippen LogP) is 3.59. The number of ether oxygens (including phenoxy) is 2. The van der Waals surface area contributed by atoms with Crippen molar-refractivity contribution in [3.8, 4) is 11.5 Å². The zero-order valence-corrected chi connectivity index (χ0v) is 18.6. The molecule has 164 valence electrons. The molecule has 0 bridgehead atoms. The molecule has 1 aliphatic rings. The number of aryl methyl sites for hydroxylation is 2. The van der Waals surface area contributed by atoms with Crippen molar-refractivity contribution in [3.05, 3.63) is 53.6 Å². The van der Waals surface area contributed by atoms with Crippen LogP contribution in [-0.4, -0.2) is 50.2 Å². The number of rotatable bonds is 8. The Kier molecular flexibility index (Phi) is 7.28. The van der Waals surface area contributed by atoms with Gasteiger partial charge < -0.3 is 14.4 Å². The zero-order chi connectivity index (χ0) is 22.4. The summed E-state index contributed by atoms with van der Waals surface area (Å²) < 4.78 is 10.6. The molecule has 0 atom stereocenters. The average molecular weight is 424 g/mol. The Morgan fingerprint density at radius 1 is 1.10 bits per heavy atom. The van der Waals surface area contributed by atoms with Crippen molar-refractivity contribution in [1.29, 1.82) is 0 Å². The van der Waals surface area contributed by atoms with E-state index in [4.69, 9.17) is 9.47 Å². The molecular formula is C24H29N3O4. The summed E-state index contributed by atoms with van der Waals surface area (Å²) in [6, 6.07) is 13.4. The van der Waals surface area contributed by atoms with Crippen LogP contribution >= 0.6 is 0 Å². The number of hydrogen-bond donors (Lipinski definition) is 0. The van der Waals surface area contributed by atoms with E-state index in [2.05, 4.69) is 5.10 Å². The van der Waals surface area contributed by atoms with E-state index in [1.165, 1.54) is 5.01 Å².